The number of halogens is 1. The van der Waals surface area contributed by atoms with Crippen molar-refractivity contribution in [2.24, 2.45) is 5.16 Å². The fraction of sp³-hybridized carbons (Fsp3) is 0.500. The van der Waals surface area contributed by atoms with Crippen LogP contribution in [-0.4, -0.2) is 17.2 Å². The summed E-state index contributed by atoms with van der Waals surface area (Å²) in [6.07, 6.45) is 3.52. The van der Waals surface area contributed by atoms with Gasteiger partial charge in [-0.1, -0.05) is 29.4 Å². The third kappa shape index (κ3) is 2.32. The Bertz CT molecular complexity index is 434. The lowest BCUT2D eigenvalue weighted by Crippen LogP contribution is -2.18. The lowest BCUT2D eigenvalue weighted by Gasteiger charge is -2.09. The zero-order valence-corrected chi connectivity index (χ0v) is 10.7. The Balaban J connectivity index is 1.72. The van der Waals surface area contributed by atoms with Gasteiger partial charge >= 0.3 is 0 Å². The highest BCUT2D eigenvalue weighted by Crippen LogP contribution is 2.40. The predicted molar refractivity (Wildman–Crippen MR) is 69.8 cm³/mol. The maximum Gasteiger partial charge on any atom is 0.149 e. The van der Waals surface area contributed by atoms with Gasteiger partial charge < -0.3 is 4.84 Å². The molecule has 0 aromatic heterocycles. The van der Waals surface area contributed by atoms with E-state index in [4.69, 9.17) is 16.4 Å². The van der Waals surface area contributed by atoms with Crippen molar-refractivity contribution in [3.63, 3.8) is 0 Å². The first-order chi connectivity index (χ1) is 8.24. The van der Waals surface area contributed by atoms with Crippen LogP contribution in [0, 0.1) is 0 Å². The number of oxime groups is 1. The minimum atomic E-state index is 0.00184. The van der Waals surface area contributed by atoms with E-state index in [2.05, 4.69) is 29.4 Å². The fourth-order valence-electron chi connectivity index (χ4n) is 2.18. The minimum absolute atomic E-state index is 0.00184. The maximum atomic E-state index is 6.01. The van der Waals surface area contributed by atoms with Crippen molar-refractivity contribution in [3.8, 4) is 0 Å². The average molecular weight is 250 g/mol. The van der Waals surface area contributed by atoms with E-state index in [0.717, 1.165) is 23.6 Å². The third-order valence-electron chi connectivity index (χ3n) is 3.50. The van der Waals surface area contributed by atoms with Crippen molar-refractivity contribution in [1.82, 2.24) is 0 Å². The van der Waals surface area contributed by atoms with E-state index < -0.39 is 0 Å². The number of rotatable bonds is 3. The molecule has 1 aromatic rings. The Morgan fingerprint density at radius 3 is 2.53 bits per heavy atom. The van der Waals surface area contributed by atoms with Gasteiger partial charge in [-0.05, 0) is 36.8 Å². The Morgan fingerprint density at radius 1 is 1.29 bits per heavy atom. The SMILES string of the molecule is CC(Cl)C1CC(c2ccc(C3CC3)cc2)=NO1. The zero-order chi connectivity index (χ0) is 11.8. The molecule has 0 bridgehead atoms. The summed E-state index contributed by atoms with van der Waals surface area (Å²) in [5.41, 5.74) is 3.63. The van der Waals surface area contributed by atoms with Crippen LogP contribution >= 0.6 is 11.6 Å². The van der Waals surface area contributed by atoms with Crippen LogP contribution < -0.4 is 0 Å². The number of hydrogen-bond acceptors (Lipinski definition) is 2. The second-order valence-corrected chi connectivity index (χ2v) is 5.65. The van der Waals surface area contributed by atoms with E-state index in [1.807, 2.05) is 6.92 Å². The van der Waals surface area contributed by atoms with E-state index in [1.54, 1.807) is 0 Å². The van der Waals surface area contributed by atoms with Gasteiger partial charge in [0, 0.05) is 6.42 Å². The molecule has 0 spiro atoms. The van der Waals surface area contributed by atoms with Crippen LogP contribution in [0.4, 0.5) is 0 Å². The molecular formula is C14H16ClNO. The molecule has 0 radical (unpaired) electrons. The number of alkyl halides is 1. The van der Waals surface area contributed by atoms with Gasteiger partial charge in [-0.3, -0.25) is 0 Å². The van der Waals surface area contributed by atoms with Crippen LogP contribution in [0.15, 0.2) is 29.4 Å². The van der Waals surface area contributed by atoms with Crippen molar-refractivity contribution in [3.05, 3.63) is 35.4 Å². The molecule has 1 aliphatic heterocycles. The molecule has 1 fully saturated rings. The van der Waals surface area contributed by atoms with Crippen LogP contribution in [0.1, 0.15) is 43.2 Å². The number of nitrogens with zero attached hydrogens (tertiary/aromatic N) is 1. The van der Waals surface area contributed by atoms with Gasteiger partial charge in [-0.2, -0.15) is 0 Å². The van der Waals surface area contributed by atoms with Gasteiger partial charge in [0.05, 0.1) is 11.1 Å². The molecule has 2 aliphatic rings. The van der Waals surface area contributed by atoms with E-state index in [1.165, 1.54) is 18.4 Å². The smallest absolute Gasteiger partial charge is 0.149 e. The van der Waals surface area contributed by atoms with Crippen LogP contribution in [0.3, 0.4) is 0 Å². The van der Waals surface area contributed by atoms with E-state index >= 15 is 0 Å². The number of hydrogen-bond donors (Lipinski definition) is 0. The molecule has 2 nitrogen and oxygen atoms in total. The average Bonchev–Trinajstić information content (AvgIpc) is 3.06. The lowest BCUT2D eigenvalue weighted by molar-refractivity contribution is 0.0855. The Morgan fingerprint density at radius 2 is 2.00 bits per heavy atom. The molecule has 2 atom stereocenters. The van der Waals surface area contributed by atoms with E-state index in [-0.39, 0.29) is 11.5 Å². The molecule has 1 aromatic carbocycles. The van der Waals surface area contributed by atoms with Crippen LogP contribution in [-0.2, 0) is 4.84 Å². The standard InChI is InChI=1S/C14H16ClNO/c1-9(15)14-8-13(16-17-14)12-6-4-11(5-7-12)10-2-3-10/h4-7,9-10,14H,2-3,8H2,1H3. The molecule has 17 heavy (non-hydrogen) atoms. The summed E-state index contributed by atoms with van der Waals surface area (Å²) in [5.74, 6) is 0.807. The predicted octanol–water partition coefficient (Wildman–Crippen LogP) is 3.68. The number of benzene rings is 1. The van der Waals surface area contributed by atoms with Gasteiger partial charge in [0.15, 0.2) is 0 Å². The first-order valence-electron chi connectivity index (χ1n) is 6.21. The Labute approximate surface area is 107 Å². The van der Waals surface area contributed by atoms with Gasteiger partial charge in [0.1, 0.15) is 6.10 Å². The monoisotopic (exact) mass is 249 g/mol. The van der Waals surface area contributed by atoms with Crippen molar-refractivity contribution < 1.29 is 4.84 Å². The molecule has 2 unspecified atom stereocenters. The molecule has 3 rings (SSSR count). The summed E-state index contributed by atoms with van der Waals surface area (Å²) in [6.45, 7) is 1.95. The first kappa shape index (κ1) is 11.1. The highest BCUT2D eigenvalue weighted by atomic mass is 35.5. The maximum absolute atomic E-state index is 6.01. The topological polar surface area (TPSA) is 21.6 Å². The van der Waals surface area contributed by atoms with Crippen molar-refractivity contribution in [1.29, 1.82) is 0 Å². The van der Waals surface area contributed by atoms with Crippen molar-refractivity contribution in [2.45, 2.75) is 43.6 Å². The van der Waals surface area contributed by atoms with Gasteiger partial charge in [-0.15, -0.1) is 11.6 Å². The van der Waals surface area contributed by atoms with Gasteiger partial charge in [0.2, 0.25) is 0 Å². The van der Waals surface area contributed by atoms with Gasteiger partial charge in [-0.25, -0.2) is 0 Å². The molecule has 1 heterocycles. The highest BCUT2D eigenvalue weighted by Gasteiger charge is 2.27. The van der Waals surface area contributed by atoms with Crippen LogP contribution in [0.5, 0.6) is 0 Å². The summed E-state index contributed by atoms with van der Waals surface area (Å²) in [6, 6.07) is 8.73. The normalized spacial score (nSPS) is 25.3. The summed E-state index contributed by atoms with van der Waals surface area (Å²) in [7, 11) is 0. The molecule has 1 aliphatic carbocycles. The molecule has 90 valence electrons. The first-order valence-corrected chi connectivity index (χ1v) is 6.65. The molecular weight excluding hydrogens is 234 g/mol. The zero-order valence-electron chi connectivity index (χ0n) is 9.90. The van der Waals surface area contributed by atoms with Crippen molar-refractivity contribution >= 4 is 17.3 Å². The minimum Gasteiger partial charge on any atom is -0.390 e. The summed E-state index contributed by atoms with van der Waals surface area (Å²) >= 11 is 6.01. The lowest BCUT2D eigenvalue weighted by atomic mass is 10.0. The second-order valence-electron chi connectivity index (χ2n) is 4.96. The van der Waals surface area contributed by atoms with E-state index in [9.17, 15) is 0 Å². The van der Waals surface area contributed by atoms with Crippen LogP contribution in [0.25, 0.3) is 0 Å². The second kappa shape index (κ2) is 4.34. The molecule has 1 saturated carbocycles. The van der Waals surface area contributed by atoms with Crippen molar-refractivity contribution in [2.75, 3.05) is 0 Å². The largest absolute Gasteiger partial charge is 0.390 e. The molecule has 0 amide bonds. The fourth-order valence-corrected chi connectivity index (χ4v) is 2.31. The molecule has 0 N–H and O–H groups in total. The van der Waals surface area contributed by atoms with Gasteiger partial charge in [0.25, 0.3) is 0 Å². The quantitative estimate of drug-likeness (QED) is 0.749. The Kier molecular flexibility index (Phi) is 2.83. The summed E-state index contributed by atoms with van der Waals surface area (Å²) < 4.78 is 0. The van der Waals surface area contributed by atoms with Crippen LogP contribution in [0.2, 0.25) is 0 Å². The molecule has 0 saturated heterocycles. The van der Waals surface area contributed by atoms with E-state index in [0.29, 0.717) is 0 Å². The third-order valence-corrected chi connectivity index (χ3v) is 3.78. The summed E-state index contributed by atoms with van der Waals surface area (Å²) in [5, 5.41) is 4.13. The molecule has 3 heteroatoms. The highest BCUT2D eigenvalue weighted by molar-refractivity contribution is 6.21. The Hall–Kier alpha value is -1.02. The summed E-state index contributed by atoms with van der Waals surface area (Å²) in [4.78, 5) is 5.33.